The average Bonchev–Trinajstić information content (AvgIpc) is 2.40. The Kier molecular flexibility index (Phi) is 7.77. The zero-order chi connectivity index (χ0) is 15.0. The molecule has 0 heterocycles. The molecule has 20 heavy (non-hydrogen) atoms. The van der Waals surface area contributed by atoms with Gasteiger partial charge in [0.1, 0.15) is 5.82 Å². The Morgan fingerprint density at radius 2 is 2.15 bits per heavy atom. The normalized spacial score (nSPS) is 12.2. The van der Waals surface area contributed by atoms with E-state index < -0.39 is 0 Å². The van der Waals surface area contributed by atoms with Gasteiger partial charge in [-0.3, -0.25) is 4.79 Å². The quantitative estimate of drug-likeness (QED) is 0.746. The number of hydrogen-bond donors (Lipinski definition) is 2. The van der Waals surface area contributed by atoms with Crippen LogP contribution in [0.4, 0.5) is 10.1 Å². The van der Waals surface area contributed by atoms with Crippen molar-refractivity contribution >= 4 is 27.5 Å². The lowest BCUT2D eigenvalue weighted by molar-refractivity contribution is -0.116. The van der Waals surface area contributed by atoms with Gasteiger partial charge in [0, 0.05) is 10.9 Å². The first-order valence-electron chi connectivity index (χ1n) is 7.01. The molecule has 5 heteroatoms. The summed E-state index contributed by atoms with van der Waals surface area (Å²) in [5.74, 6) is 0.128. The molecule has 3 N–H and O–H groups in total. The second kappa shape index (κ2) is 9.08. The van der Waals surface area contributed by atoms with Crippen molar-refractivity contribution in [3.63, 3.8) is 0 Å². The summed E-state index contributed by atoms with van der Waals surface area (Å²) in [5, 5.41) is 2.79. The smallest absolute Gasteiger partial charge is 0.224 e. The van der Waals surface area contributed by atoms with E-state index in [0.717, 1.165) is 25.7 Å². The Bertz CT molecular complexity index is 434. The van der Waals surface area contributed by atoms with Gasteiger partial charge in [-0.25, -0.2) is 4.39 Å². The van der Waals surface area contributed by atoms with Gasteiger partial charge in [-0.1, -0.05) is 19.8 Å². The molecular formula is C15H22BrFN2O. The average molecular weight is 345 g/mol. The molecule has 0 fully saturated rings. The van der Waals surface area contributed by atoms with Crippen LogP contribution in [0.3, 0.4) is 0 Å². The highest BCUT2D eigenvalue weighted by Crippen LogP contribution is 2.24. The Labute approximate surface area is 128 Å². The van der Waals surface area contributed by atoms with Gasteiger partial charge in [0.05, 0.1) is 5.69 Å². The molecule has 0 aliphatic rings. The molecule has 0 aromatic heterocycles. The number of nitrogens with one attached hydrogen (secondary N) is 1. The lowest BCUT2D eigenvalue weighted by Crippen LogP contribution is -2.15. The first kappa shape index (κ1) is 17.1. The molecule has 112 valence electrons. The SMILES string of the molecule is CCCC(CCN)CCC(=O)Nc1ccc(F)cc1Br. The van der Waals surface area contributed by atoms with Gasteiger partial charge in [0.15, 0.2) is 0 Å². The predicted molar refractivity (Wildman–Crippen MR) is 84.0 cm³/mol. The zero-order valence-corrected chi connectivity index (χ0v) is 13.4. The van der Waals surface area contributed by atoms with E-state index >= 15 is 0 Å². The van der Waals surface area contributed by atoms with E-state index in [-0.39, 0.29) is 11.7 Å². The van der Waals surface area contributed by atoms with Crippen molar-refractivity contribution in [3.8, 4) is 0 Å². The molecule has 1 amide bonds. The monoisotopic (exact) mass is 344 g/mol. The number of nitrogens with two attached hydrogens (primary N) is 1. The van der Waals surface area contributed by atoms with Crippen molar-refractivity contribution < 1.29 is 9.18 Å². The van der Waals surface area contributed by atoms with Gasteiger partial charge in [0.2, 0.25) is 5.91 Å². The van der Waals surface area contributed by atoms with Gasteiger partial charge >= 0.3 is 0 Å². The second-order valence-electron chi connectivity index (χ2n) is 4.94. The third-order valence-corrected chi connectivity index (χ3v) is 3.91. The summed E-state index contributed by atoms with van der Waals surface area (Å²) in [6, 6.07) is 4.22. The summed E-state index contributed by atoms with van der Waals surface area (Å²) in [6.07, 6.45) is 4.48. The molecule has 1 aromatic rings. The van der Waals surface area contributed by atoms with E-state index in [4.69, 9.17) is 5.73 Å². The van der Waals surface area contributed by atoms with E-state index in [1.165, 1.54) is 12.1 Å². The number of halogens is 2. The molecule has 0 radical (unpaired) electrons. The van der Waals surface area contributed by atoms with Gasteiger partial charge in [-0.05, 0) is 59.4 Å². The van der Waals surface area contributed by atoms with E-state index in [0.29, 0.717) is 29.0 Å². The maximum Gasteiger partial charge on any atom is 0.224 e. The van der Waals surface area contributed by atoms with Crippen molar-refractivity contribution in [2.45, 2.75) is 39.0 Å². The van der Waals surface area contributed by atoms with Crippen LogP contribution in [-0.4, -0.2) is 12.5 Å². The van der Waals surface area contributed by atoms with Crippen LogP contribution in [0.2, 0.25) is 0 Å². The van der Waals surface area contributed by atoms with Crippen molar-refractivity contribution in [2.24, 2.45) is 11.7 Å². The van der Waals surface area contributed by atoms with Crippen LogP contribution in [0, 0.1) is 11.7 Å². The highest BCUT2D eigenvalue weighted by Gasteiger charge is 2.11. The minimum atomic E-state index is -0.333. The van der Waals surface area contributed by atoms with Crippen molar-refractivity contribution in [2.75, 3.05) is 11.9 Å². The third kappa shape index (κ3) is 6.01. The van der Waals surface area contributed by atoms with Crippen LogP contribution in [0.1, 0.15) is 39.0 Å². The van der Waals surface area contributed by atoms with Crippen LogP contribution < -0.4 is 11.1 Å². The molecule has 1 atom stereocenters. The lowest BCUT2D eigenvalue weighted by atomic mass is 9.94. The Morgan fingerprint density at radius 3 is 2.75 bits per heavy atom. The second-order valence-corrected chi connectivity index (χ2v) is 5.80. The number of rotatable bonds is 8. The molecule has 0 spiro atoms. The van der Waals surface area contributed by atoms with Crippen LogP contribution in [0.25, 0.3) is 0 Å². The fourth-order valence-electron chi connectivity index (χ4n) is 2.22. The fourth-order valence-corrected chi connectivity index (χ4v) is 2.67. The summed E-state index contributed by atoms with van der Waals surface area (Å²) < 4.78 is 13.5. The summed E-state index contributed by atoms with van der Waals surface area (Å²) in [7, 11) is 0. The van der Waals surface area contributed by atoms with E-state index in [9.17, 15) is 9.18 Å². The minimum Gasteiger partial charge on any atom is -0.330 e. The van der Waals surface area contributed by atoms with Crippen molar-refractivity contribution in [3.05, 3.63) is 28.5 Å². The number of carbonyl (C=O) groups is 1. The molecule has 3 nitrogen and oxygen atoms in total. The molecule has 1 rings (SSSR count). The maximum absolute atomic E-state index is 13.0. The fraction of sp³-hybridized carbons (Fsp3) is 0.533. The summed E-state index contributed by atoms with van der Waals surface area (Å²) in [6.45, 7) is 2.80. The zero-order valence-electron chi connectivity index (χ0n) is 11.8. The van der Waals surface area contributed by atoms with Crippen LogP contribution >= 0.6 is 15.9 Å². The highest BCUT2D eigenvalue weighted by molar-refractivity contribution is 9.10. The number of benzene rings is 1. The molecule has 0 saturated heterocycles. The minimum absolute atomic E-state index is 0.0459. The molecule has 0 saturated carbocycles. The van der Waals surface area contributed by atoms with Gasteiger partial charge in [-0.15, -0.1) is 0 Å². The standard InChI is InChI=1S/C15H22BrFN2O/c1-2-3-11(8-9-18)4-7-15(20)19-14-6-5-12(17)10-13(14)16/h5-6,10-11H,2-4,7-9,18H2,1H3,(H,19,20). The first-order chi connectivity index (χ1) is 9.56. The highest BCUT2D eigenvalue weighted by atomic mass is 79.9. The molecule has 1 aromatic carbocycles. The molecule has 0 bridgehead atoms. The topological polar surface area (TPSA) is 55.1 Å². The van der Waals surface area contributed by atoms with E-state index in [2.05, 4.69) is 28.2 Å². The number of anilines is 1. The summed E-state index contributed by atoms with van der Waals surface area (Å²) >= 11 is 3.23. The van der Waals surface area contributed by atoms with Crippen molar-refractivity contribution in [1.29, 1.82) is 0 Å². The van der Waals surface area contributed by atoms with Crippen LogP contribution in [-0.2, 0) is 4.79 Å². The maximum atomic E-state index is 13.0. The summed E-state index contributed by atoms with van der Waals surface area (Å²) in [5.41, 5.74) is 6.18. The molecule has 0 aliphatic heterocycles. The Morgan fingerprint density at radius 1 is 1.40 bits per heavy atom. The summed E-state index contributed by atoms with van der Waals surface area (Å²) in [4.78, 5) is 11.9. The first-order valence-corrected chi connectivity index (χ1v) is 7.81. The number of amides is 1. The van der Waals surface area contributed by atoms with Gasteiger partial charge in [-0.2, -0.15) is 0 Å². The molecular weight excluding hydrogens is 323 g/mol. The van der Waals surface area contributed by atoms with E-state index in [1.807, 2.05) is 0 Å². The lowest BCUT2D eigenvalue weighted by Gasteiger charge is -2.15. The van der Waals surface area contributed by atoms with Crippen molar-refractivity contribution in [1.82, 2.24) is 0 Å². The van der Waals surface area contributed by atoms with Crippen LogP contribution in [0.5, 0.6) is 0 Å². The molecule has 1 unspecified atom stereocenters. The Balaban J connectivity index is 2.46. The largest absolute Gasteiger partial charge is 0.330 e. The van der Waals surface area contributed by atoms with E-state index in [1.54, 1.807) is 6.07 Å². The number of carbonyl (C=O) groups excluding carboxylic acids is 1. The van der Waals surface area contributed by atoms with Crippen LogP contribution in [0.15, 0.2) is 22.7 Å². The van der Waals surface area contributed by atoms with Gasteiger partial charge < -0.3 is 11.1 Å². The Hall–Kier alpha value is -0.940. The predicted octanol–water partition coefficient (Wildman–Crippen LogP) is 4.07. The van der Waals surface area contributed by atoms with Gasteiger partial charge in [0.25, 0.3) is 0 Å². The number of hydrogen-bond acceptors (Lipinski definition) is 2. The molecule has 0 aliphatic carbocycles. The third-order valence-electron chi connectivity index (χ3n) is 3.26.